The molecule has 0 aliphatic rings. The zero-order chi connectivity index (χ0) is 19.4. The first-order valence-corrected chi connectivity index (χ1v) is 8.20. The minimum atomic E-state index is -0.575. The normalized spacial score (nSPS) is 10.4. The topological polar surface area (TPSA) is 129 Å². The van der Waals surface area contributed by atoms with Gasteiger partial charge in [-0.15, -0.1) is 0 Å². The number of rotatable bonds is 6. The van der Waals surface area contributed by atoms with Gasteiger partial charge in [-0.25, -0.2) is 0 Å². The molecule has 0 fully saturated rings. The van der Waals surface area contributed by atoms with E-state index in [-0.39, 0.29) is 40.8 Å². The number of aryl methyl sites for hydroxylation is 1. The molecule has 138 valence electrons. The van der Waals surface area contributed by atoms with E-state index < -0.39 is 4.92 Å². The van der Waals surface area contributed by atoms with E-state index in [1.54, 1.807) is 0 Å². The predicted molar refractivity (Wildman–Crippen MR) is 101 cm³/mol. The summed E-state index contributed by atoms with van der Waals surface area (Å²) in [6, 6.07) is 11.7. The summed E-state index contributed by atoms with van der Waals surface area (Å²) in [5, 5.41) is 14.4. The average molecular weight is 387 g/mol. The number of para-hydroxylation sites is 1. The van der Waals surface area contributed by atoms with Crippen LogP contribution in [-0.4, -0.2) is 19.9 Å². The van der Waals surface area contributed by atoms with E-state index in [0.29, 0.717) is 0 Å². The van der Waals surface area contributed by atoms with Crippen LogP contribution in [0.3, 0.4) is 0 Å². The molecule has 3 rings (SSSR count). The summed E-state index contributed by atoms with van der Waals surface area (Å²) in [5.41, 5.74) is 7.32. The number of nitrogens with one attached hydrogen (secondary N) is 1. The van der Waals surface area contributed by atoms with Crippen molar-refractivity contribution >= 4 is 34.9 Å². The van der Waals surface area contributed by atoms with Gasteiger partial charge in [-0.2, -0.15) is 15.0 Å². The summed E-state index contributed by atoms with van der Waals surface area (Å²) in [6.45, 7) is 1.81. The third-order valence-electron chi connectivity index (χ3n) is 3.57. The van der Waals surface area contributed by atoms with Gasteiger partial charge >= 0.3 is 5.69 Å². The SMILES string of the molecule is Cc1ccccc1Nc1nc(N)nc(COc2ccc(Cl)cc2[N+](=O)[O-])n1. The van der Waals surface area contributed by atoms with Gasteiger partial charge in [0, 0.05) is 16.8 Å². The number of aromatic nitrogens is 3. The summed E-state index contributed by atoms with van der Waals surface area (Å²) in [4.78, 5) is 22.8. The van der Waals surface area contributed by atoms with E-state index in [9.17, 15) is 10.1 Å². The smallest absolute Gasteiger partial charge is 0.312 e. The minimum Gasteiger partial charge on any atom is -0.479 e. The van der Waals surface area contributed by atoms with Gasteiger partial charge < -0.3 is 15.8 Å². The second kappa shape index (κ2) is 7.83. The van der Waals surface area contributed by atoms with Crippen molar-refractivity contribution < 1.29 is 9.66 Å². The van der Waals surface area contributed by atoms with E-state index in [2.05, 4.69) is 20.3 Å². The Morgan fingerprint density at radius 1 is 1.22 bits per heavy atom. The molecule has 0 spiro atoms. The van der Waals surface area contributed by atoms with Crippen LogP contribution >= 0.6 is 11.6 Å². The number of nitro groups is 1. The van der Waals surface area contributed by atoms with Crippen LogP contribution in [-0.2, 0) is 6.61 Å². The molecule has 0 aliphatic heterocycles. The quantitative estimate of drug-likeness (QED) is 0.485. The monoisotopic (exact) mass is 386 g/mol. The van der Waals surface area contributed by atoms with Gasteiger partial charge in [-0.3, -0.25) is 10.1 Å². The van der Waals surface area contributed by atoms with Crippen LogP contribution in [0.25, 0.3) is 0 Å². The van der Waals surface area contributed by atoms with Gasteiger partial charge in [0.25, 0.3) is 0 Å². The standard InChI is InChI=1S/C17H15ClN6O3/c1-10-4-2-3-5-12(10)20-17-22-15(21-16(19)23-17)9-27-14-7-6-11(18)8-13(14)24(25)26/h2-8H,9H2,1H3,(H3,19,20,21,22,23). The number of anilines is 3. The Kier molecular flexibility index (Phi) is 5.32. The van der Waals surface area contributed by atoms with Crippen molar-refractivity contribution in [1.29, 1.82) is 0 Å². The zero-order valence-corrected chi connectivity index (χ0v) is 15.0. The number of nitrogen functional groups attached to an aromatic ring is 1. The molecule has 3 N–H and O–H groups in total. The van der Waals surface area contributed by atoms with Crippen molar-refractivity contribution in [2.24, 2.45) is 0 Å². The van der Waals surface area contributed by atoms with Crippen molar-refractivity contribution in [2.45, 2.75) is 13.5 Å². The third-order valence-corrected chi connectivity index (χ3v) is 3.80. The lowest BCUT2D eigenvalue weighted by molar-refractivity contribution is -0.385. The molecule has 2 aromatic carbocycles. The molecule has 0 atom stereocenters. The molecule has 3 aromatic rings. The number of halogens is 1. The lowest BCUT2D eigenvalue weighted by Gasteiger charge is -2.10. The molecule has 9 nitrogen and oxygen atoms in total. The maximum absolute atomic E-state index is 11.1. The molecule has 0 unspecified atom stereocenters. The second-order valence-electron chi connectivity index (χ2n) is 5.53. The molecule has 0 radical (unpaired) electrons. The summed E-state index contributed by atoms with van der Waals surface area (Å²) < 4.78 is 5.49. The number of ether oxygens (including phenoxy) is 1. The maximum atomic E-state index is 11.1. The van der Waals surface area contributed by atoms with Gasteiger partial charge in [-0.1, -0.05) is 29.8 Å². The van der Waals surface area contributed by atoms with Crippen LogP contribution in [0.4, 0.5) is 23.3 Å². The lowest BCUT2D eigenvalue weighted by Crippen LogP contribution is -2.10. The first-order chi connectivity index (χ1) is 12.9. The fourth-order valence-electron chi connectivity index (χ4n) is 2.29. The summed E-state index contributed by atoms with van der Waals surface area (Å²) in [7, 11) is 0. The van der Waals surface area contributed by atoms with Crippen molar-refractivity contribution in [2.75, 3.05) is 11.1 Å². The van der Waals surface area contributed by atoms with Crippen molar-refractivity contribution in [3.8, 4) is 5.75 Å². The molecular weight excluding hydrogens is 372 g/mol. The fraction of sp³-hybridized carbons (Fsp3) is 0.118. The molecule has 1 heterocycles. The number of nitro benzene ring substituents is 1. The largest absolute Gasteiger partial charge is 0.479 e. The van der Waals surface area contributed by atoms with Crippen LogP contribution in [0.15, 0.2) is 42.5 Å². The Morgan fingerprint density at radius 2 is 2.00 bits per heavy atom. The van der Waals surface area contributed by atoms with Gasteiger partial charge in [-0.05, 0) is 30.7 Å². The molecule has 10 heteroatoms. The fourth-order valence-corrected chi connectivity index (χ4v) is 2.46. The van der Waals surface area contributed by atoms with Crippen molar-refractivity contribution in [3.63, 3.8) is 0 Å². The van der Waals surface area contributed by atoms with Crippen molar-refractivity contribution in [1.82, 2.24) is 15.0 Å². The third kappa shape index (κ3) is 4.59. The Labute approximate surface area is 159 Å². The molecule has 0 bridgehead atoms. The highest BCUT2D eigenvalue weighted by Gasteiger charge is 2.16. The Bertz CT molecular complexity index is 998. The predicted octanol–water partition coefficient (Wildman–Crippen LogP) is 3.65. The first kappa shape index (κ1) is 18.3. The highest BCUT2D eigenvalue weighted by Crippen LogP contribution is 2.30. The second-order valence-corrected chi connectivity index (χ2v) is 5.97. The number of hydrogen-bond acceptors (Lipinski definition) is 8. The average Bonchev–Trinajstić information content (AvgIpc) is 2.62. The Morgan fingerprint density at radius 3 is 2.74 bits per heavy atom. The molecular formula is C17H15ClN6O3. The van der Waals surface area contributed by atoms with Crippen molar-refractivity contribution in [3.05, 3.63) is 69.0 Å². The van der Waals surface area contributed by atoms with Crippen LogP contribution in [0.5, 0.6) is 5.75 Å². The van der Waals surface area contributed by atoms with E-state index in [1.165, 1.54) is 18.2 Å². The molecule has 0 amide bonds. The highest BCUT2D eigenvalue weighted by molar-refractivity contribution is 6.30. The maximum Gasteiger partial charge on any atom is 0.312 e. The Balaban J connectivity index is 1.79. The molecule has 0 aliphatic carbocycles. The van der Waals surface area contributed by atoms with E-state index in [4.69, 9.17) is 22.1 Å². The van der Waals surface area contributed by atoms with Crippen LogP contribution in [0, 0.1) is 17.0 Å². The van der Waals surface area contributed by atoms with Gasteiger partial charge in [0.05, 0.1) is 4.92 Å². The van der Waals surface area contributed by atoms with E-state index in [0.717, 1.165) is 11.3 Å². The molecule has 1 aromatic heterocycles. The number of nitrogens with zero attached hydrogens (tertiary/aromatic N) is 4. The van der Waals surface area contributed by atoms with E-state index in [1.807, 2.05) is 31.2 Å². The van der Waals surface area contributed by atoms with Crippen LogP contribution in [0.1, 0.15) is 11.4 Å². The molecule has 0 saturated carbocycles. The zero-order valence-electron chi connectivity index (χ0n) is 14.2. The van der Waals surface area contributed by atoms with E-state index >= 15 is 0 Å². The summed E-state index contributed by atoms with van der Waals surface area (Å²) in [6.07, 6.45) is 0. The van der Waals surface area contributed by atoms with Gasteiger partial charge in [0.2, 0.25) is 11.9 Å². The number of benzene rings is 2. The Hall–Kier alpha value is -3.46. The summed E-state index contributed by atoms with van der Waals surface area (Å²) in [5.74, 6) is 0.533. The van der Waals surface area contributed by atoms with Gasteiger partial charge in [0.15, 0.2) is 11.6 Å². The molecule has 27 heavy (non-hydrogen) atoms. The number of nitrogens with two attached hydrogens (primary N) is 1. The number of hydrogen-bond donors (Lipinski definition) is 2. The highest BCUT2D eigenvalue weighted by atomic mass is 35.5. The first-order valence-electron chi connectivity index (χ1n) is 7.82. The minimum absolute atomic E-state index is 0.00490. The molecule has 0 saturated heterocycles. The van der Waals surface area contributed by atoms with Crippen LogP contribution in [0.2, 0.25) is 5.02 Å². The van der Waals surface area contributed by atoms with Gasteiger partial charge in [0.1, 0.15) is 6.61 Å². The van der Waals surface area contributed by atoms with Crippen LogP contribution < -0.4 is 15.8 Å². The lowest BCUT2D eigenvalue weighted by atomic mass is 10.2. The summed E-state index contributed by atoms with van der Waals surface area (Å²) >= 11 is 5.79.